The average molecular weight is 434 g/mol. The van der Waals surface area contributed by atoms with E-state index in [4.69, 9.17) is 16.3 Å². The van der Waals surface area contributed by atoms with E-state index in [1.165, 1.54) is 24.2 Å². The normalized spacial score (nSPS) is 22.0. The van der Waals surface area contributed by atoms with Crippen LogP contribution in [0.25, 0.3) is 0 Å². The molecule has 1 aliphatic heterocycles. The Morgan fingerprint density at radius 1 is 1.20 bits per heavy atom. The van der Waals surface area contributed by atoms with Gasteiger partial charge in [-0.05, 0) is 48.4 Å². The molecule has 3 rings (SSSR count). The van der Waals surface area contributed by atoms with Crippen molar-refractivity contribution in [2.45, 2.75) is 64.7 Å². The van der Waals surface area contributed by atoms with Crippen LogP contribution in [0.5, 0.6) is 5.75 Å². The third kappa shape index (κ3) is 5.63. The summed E-state index contributed by atoms with van der Waals surface area (Å²) in [5, 5.41) is 0.567. The van der Waals surface area contributed by atoms with Gasteiger partial charge in [0.15, 0.2) is 5.78 Å². The third-order valence-electron chi connectivity index (χ3n) is 6.68. The van der Waals surface area contributed by atoms with Crippen molar-refractivity contribution in [2.24, 2.45) is 17.8 Å². The lowest BCUT2D eigenvalue weighted by Gasteiger charge is -2.29. The monoisotopic (exact) mass is 433 g/mol. The predicted molar refractivity (Wildman–Crippen MR) is 117 cm³/mol. The number of halogens is 1. The number of ether oxygens (including phenoxy) is 1. The number of nitrogens with zero attached hydrogens (tertiary/aromatic N) is 1. The Hall–Kier alpha value is -1.88. The van der Waals surface area contributed by atoms with Gasteiger partial charge >= 0.3 is 0 Å². The number of rotatable bonds is 6. The van der Waals surface area contributed by atoms with Crippen LogP contribution < -0.4 is 4.74 Å². The summed E-state index contributed by atoms with van der Waals surface area (Å²) in [5.74, 6) is 0.481. The van der Waals surface area contributed by atoms with Gasteiger partial charge in [-0.1, -0.05) is 50.6 Å². The van der Waals surface area contributed by atoms with Crippen molar-refractivity contribution in [3.05, 3.63) is 28.8 Å². The molecule has 1 saturated heterocycles. The Morgan fingerprint density at radius 3 is 2.63 bits per heavy atom. The summed E-state index contributed by atoms with van der Waals surface area (Å²) < 4.78 is 5.41. The fourth-order valence-electron chi connectivity index (χ4n) is 4.84. The summed E-state index contributed by atoms with van der Waals surface area (Å²) in [4.78, 5) is 39.8. The van der Waals surface area contributed by atoms with Gasteiger partial charge in [0.25, 0.3) is 0 Å². The van der Waals surface area contributed by atoms with Crippen LogP contribution in [0.4, 0.5) is 0 Å². The van der Waals surface area contributed by atoms with Crippen LogP contribution in [0.3, 0.4) is 0 Å². The molecule has 1 saturated carbocycles. The van der Waals surface area contributed by atoms with Gasteiger partial charge in [-0.15, -0.1) is 0 Å². The first-order valence-corrected chi connectivity index (χ1v) is 11.4. The molecule has 0 aromatic heterocycles. The Bertz CT molecular complexity index is 787. The minimum absolute atomic E-state index is 0.0532. The summed E-state index contributed by atoms with van der Waals surface area (Å²) in [6.07, 6.45) is 7.48. The first-order chi connectivity index (χ1) is 14.4. The van der Waals surface area contributed by atoms with Gasteiger partial charge in [0.1, 0.15) is 5.75 Å². The molecule has 2 amide bonds. The number of ketones is 1. The van der Waals surface area contributed by atoms with E-state index < -0.39 is 5.92 Å². The number of Topliss-reactive ketones (excluding diaryl/α,β-unsaturated/α-hetero) is 1. The molecular formula is C24H32ClNO4. The van der Waals surface area contributed by atoms with Crippen molar-refractivity contribution >= 4 is 29.2 Å². The third-order valence-corrected chi connectivity index (χ3v) is 6.92. The molecule has 164 valence electrons. The Balaban J connectivity index is 1.73. The molecule has 1 unspecified atom stereocenters. The molecule has 0 bridgehead atoms. The van der Waals surface area contributed by atoms with Crippen LogP contribution in [-0.4, -0.2) is 36.2 Å². The number of amides is 2. The fourth-order valence-corrected chi connectivity index (χ4v) is 5.04. The quantitative estimate of drug-likeness (QED) is 0.644. The van der Waals surface area contributed by atoms with Crippen LogP contribution in [0, 0.1) is 17.8 Å². The number of likely N-dealkylation sites (tertiary alicyclic amines) is 1. The zero-order valence-corrected chi connectivity index (χ0v) is 18.7. The van der Waals surface area contributed by atoms with Gasteiger partial charge in [0, 0.05) is 23.8 Å². The lowest BCUT2D eigenvalue weighted by molar-refractivity contribution is -0.149. The average Bonchev–Trinajstić information content (AvgIpc) is 2.88. The van der Waals surface area contributed by atoms with Crippen molar-refractivity contribution < 1.29 is 19.1 Å². The second-order valence-electron chi connectivity index (χ2n) is 8.83. The molecule has 5 nitrogen and oxygen atoms in total. The second kappa shape index (κ2) is 10.4. The summed E-state index contributed by atoms with van der Waals surface area (Å²) >= 11 is 6.13. The van der Waals surface area contributed by atoms with E-state index in [1.807, 2.05) is 0 Å². The lowest BCUT2D eigenvalue weighted by Crippen LogP contribution is -2.43. The molecule has 0 radical (unpaired) electrons. The van der Waals surface area contributed by atoms with Crippen LogP contribution in [0.2, 0.25) is 5.02 Å². The molecule has 2 fully saturated rings. The van der Waals surface area contributed by atoms with Crippen molar-refractivity contribution in [1.29, 1.82) is 0 Å². The number of hydrogen-bond donors (Lipinski definition) is 0. The van der Waals surface area contributed by atoms with E-state index in [0.29, 0.717) is 42.4 Å². The second-order valence-corrected chi connectivity index (χ2v) is 9.27. The molecule has 2 atom stereocenters. The molecule has 6 heteroatoms. The zero-order chi connectivity index (χ0) is 21.7. The summed E-state index contributed by atoms with van der Waals surface area (Å²) in [5.41, 5.74) is 0.820. The van der Waals surface area contributed by atoms with E-state index in [1.54, 1.807) is 25.3 Å². The van der Waals surface area contributed by atoms with E-state index in [0.717, 1.165) is 18.4 Å². The molecule has 2 aliphatic rings. The van der Waals surface area contributed by atoms with Crippen molar-refractivity contribution in [3.8, 4) is 5.75 Å². The molecular weight excluding hydrogens is 402 g/mol. The standard InChI is InChI=1S/C24H32ClNO4/c1-16(17-6-4-3-5-7-17)12-23(28)26-15-21(27)10-8-18(24(26)29)13-19-14-20(25)9-11-22(19)30-2/h9,11,14,16-18H,3-8,10,12-13,15H2,1-2H3/t16-,18?/m0/s1. The maximum absolute atomic E-state index is 13.3. The number of hydrogen-bond acceptors (Lipinski definition) is 4. The smallest absolute Gasteiger partial charge is 0.233 e. The molecule has 1 heterocycles. The molecule has 1 aliphatic carbocycles. The minimum atomic E-state index is -0.433. The fraction of sp³-hybridized carbons (Fsp3) is 0.625. The number of benzene rings is 1. The Morgan fingerprint density at radius 2 is 1.93 bits per heavy atom. The zero-order valence-electron chi connectivity index (χ0n) is 18.0. The molecule has 1 aromatic rings. The van der Waals surface area contributed by atoms with Gasteiger partial charge in [0.05, 0.1) is 13.7 Å². The summed E-state index contributed by atoms with van der Waals surface area (Å²) in [7, 11) is 1.58. The van der Waals surface area contributed by atoms with Crippen LogP contribution in [-0.2, 0) is 20.8 Å². The summed E-state index contributed by atoms with van der Waals surface area (Å²) in [6.45, 7) is 2.00. The van der Waals surface area contributed by atoms with E-state index >= 15 is 0 Å². The highest BCUT2D eigenvalue weighted by Crippen LogP contribution is 2.33. The van der Waals surface area contributed by atoms with E-state index in [-0.39, 0.29) is 30.1 Å². The molecule has 30 heavy (non-hydrogen) atoms. The van der Waals surface area contributed by atoms with Crippen LogP contribution in [0.1, 0.15) is 63.9 Å². The number of carbonyl (C=O) groups is 3. The van der Waals surface area contributed by atoms with Gasteiger partial charge in [-0.25, -0.2) is 0 Å². The molecule has 0 spiro atoms. The summed E-state index contributed by atoms with van der Waals surface area (Å²) in [6, 6.07) is 5.31. The van der Waals surface area contributed by atoms with Gasteiger partial charge in [-0.3, -0.25) is 19.3 Å². The minimum Gasteiger partial charge on any atom is -0.496 e. The first-order valence-electron chi connectivity index (χ1n) is 11.1. The highest BCUT2D eigenvalue weighted by molar-refractivity contribution is 6.30. The largest absolute Gasteiger partial charge is 0.496 e. The number of carbonyl (C=O) groups excluding carboxylic acids is 3. The topological polar surface area (TPSA) is 63.7 Å². The predicted octanol–water partition coefficient (Wildman–Crippen LogP) is 4.83. The number of methoxy groups -OCH3 is 1. The van der Waals surface area contributed by atoms with Gasteiger partial charge < -0.3 is 4.74 Å². The maximum atomic E-state index is 13.3. The highest BCUT2D eigenvalue weighted by atomic mass is 35.5. The SMILES string of the molecule is COc1ccc(Cl)cc1CC1CCC(=O)CN(C(=O)C[C@H](C)C2CCCCC2)C1=O. The van der Waals surface area contributed by atoms with Crippen molar-refractivity contribution in [3.63, 3.8) is 0 Å². The van der Waals surface area contributed by atoms with E-state index in [9.17, 15) is 14.4 Å². The van der Waals surface area contributed by atoms with Gasteiger partial charge in [0.2, 0.25) is 11.8 Å². The van der Waals surface area contributed by atoms with Gasteiger partial charge in [-0.2, -0.15) is 0 Å². The first kappa shape index (κ1) is 22.8. The molecule has 0 N–H and O–H groups in total. The Labute approximate surface area is 184 Å². The van der Waals surface area contributed by atoms with Crippen LogP contribution in [0.15, 0.2) is 18.2 Å². The van der Waals surface area contributed by atoms with Crippen LogP contribution >= 0.6 is 11.6 Å². The number of imide groups is 1. The van der Waals surface area contributed by atoms with Crippen molar-refractivity contribution in [2.75, 3.05) is 13.7 Å². The highest BCUT2D eigenvalue weighted by Gasteiger charge is 2.35. The van der Waals surface area contributed by atoms with Crippen molar-refractivity contribution in [1.82, 2.24) is 4.90 Å². The molecule has 1 aromatic carbocycles. The van der Waals surface area contributed by atoms with E-state index in [2.05, 4.69) is 6.92 Å². The maximum Gasteiger partial charge on any atom is 0.233 e. The Kier molecular flexibility index (Phi) is 7.93. The lowest BCUT2D eigenvalue weighted by atomic mass is 9.79.